The summed E-state index contributed by atoms with van der Waals surface area (Å²) in [5, 5.41) is 0. The van der Waals surface area contributed by atoms with Crippen molar-refractivity contribution in [2.24, 2.45) is 5.84 Å². The Kier molecular flexibility index (Phi) is 7.09. The fourth-order valence-corrected chi connectivity index (χ4v) is 1.81. The minimum atomic E-state index is -0.232. The van der Waals surface area contributed by atoms with Gasteiger partial charge in [0.25, 0.3) is 0 Å². The lowest BCUT2D eigenvalue weighted by Crippen LogP contribution is -2.56. The highest BCUT2D eigenvalue weighted by Gasteiger charge is 2.35. The number of hydrazine groups is 1. The lowest BCUT2D eigenvalue weighted by Gasteiger charge is -2.38. The molecular formula is C11H26N2O2. The molecule has 0 aliphatic carbocycles. The maximum Gasteiger partial charge on any atom is 0.0861 e. The number of methoxy groups -OCH3 is 1. The molecule has 0 heterocycles. The predicted octanol–water partition coefficient (Wildman–Crippen LogP) is 1.45. The number of nitrogens with two attached hydrogens (primary N) is 1. The molecule has 0 aromatic heterocycles. The second-order valence-corrected chi connectivity index (χ2v) is 4.08. The molecule has 1 unspecified atom stereocenters. The van der Waals surface area contributed by atoms with E-state index in [9.17, 15) is 0 Å². The molecule has 0 bridgehead atoms. The van der Waals surface area contributed by atoms with Crippen molar-refractivity contribution >= 4 is 0 Å². The number of ether oxygens (including phenoxy) is 2. The molecule has 0 aliphatic heterocycles. The Balaban J connectivity index is 4.44. The number of hydrogen-bond acceptors (Lipinski definition) is 4. The summed E-state index contributed by atoms with van der Waals surface area (Å²) in [7, 11) is 1.73. The molecule has 0 aliphatic rings. The second kappa shape index (κ2) is 7.17. The third-order valence-electron chi connectivity index (χ3n) is 3.04. The summed E-state index contributed by atoms with van der Waals surface area (Å²) in [4.78, 5) is 0. The molecule has 0 saturated heterocycles. The van der Waals surface area contributed by atoms with E-state index in [1.165, 1.54) is 0 Å². The lowest BCUT2D eigenvalue weighted by atomic mass is 9.89. The van der Waals surface area contributed by atoms with Crippen molar-refractivity contribution in [3.8, 4) is 0 Å². The first-order chi connectivity index (χ1) is 7.06. The van der Waals surface area contributed by atoms with Crippen molar-refractivity contribution in [3.05, 3.63) is 0 Å². The molecule has 0 radical (unpaired) electrons. The van der Waals surface area contributed by atoms with Crippen LogP contribution in [0.25, 0.3) is 0 Å². The molecule has 92 valence electrons. The van der Waals surface area contributed by atoms with Crippen LogP contribution in [-0.4, -0.2) is 31.5 Å². The average molecular weight is 218 g/mol. The highest BCUT2D eigenvalue weighted by molar-refractivity contribution is 4.90. The molecule has 0 amide bonds. The second-order valence-electron chi connectivity index (χ2n) is 4.08. The molecular weight excluding hydrogens is 192 g/mol. The van der Waals surface area contributed by atoms with Gasteiger partial charge >= 0.3 is 0 Å². The van der Waals surface area contributed by atoms with Gasteiger partial charge in [0.2, 0.25) is 0 Å². The SMILES string of the molecule is CCC(CC)(OC)C(COC(C)C)NN. The van der Waals surface area contributed by atoms with Crippen LogP contribution in [0.5, 0.6) is 0 Å². The van der Waals surface area contributed by atoms with Crippen molar-refractivity contribution in [2.75, 3.05) is 13.7 Å². The van der Waals surface area contributed by atoms with E-state index in [2.05, 4.69) is 19.3 Å². The summed E-state index contributed by atoms with van der Waals surface area (Å²) in [6, 6.07) is 0.0277. The number of hydrogen-bond donors (Lipinski definition) is 2. The van der Waals surface area contributed by atoms with Crippen molar-refractivity contribution in [2.45, 2.75) is 58.3 Å². The van der Waals surface area contributed by atoms with E-state index in [0.717, 1.165) is 12.8 Å². The number of rotatable bonds is 8. The van der Waals surface area contributed by atoms with Gasteiger partial charge in [-0.05, 0) is 26.7 Å². The van der Waals surface area contributed by atoms with E-state index >= 15 is 0 Å². The summed E-state index contributed by atoms with van der Waals surface area (Å²) in [5.41, 5.74) is 2.57. The van der Waals surface area contributed by atoms with Gasteiger partial charge in [-0.15, -0.1) is 0 Å². The molecule has 0 aromatic carbocycles. The van der Waals surface area contributed by atoms with Gasteiger partial charge in [-0.3, -0.25) is 11.3 Å². The monoisotopic (exact) mass is 218 g/mol. The van der Waals surface area contributed by atoms with Gasteiger partial charge in [0.15, 0.2) is 0 Å². The minimum Gasteiger partial charge on any atom is -0.377 e. The zero-order valence-electron chi connectivity index (χ0n) is 10.7. The van der Waals surface area contributed by atoms with E-state index in [-0.39, 0.29) is 17.7 Å². The highest BCUT2D eigenvalue weighted by Crippen LogP contribution is 2.24. The standard InChI is InChI=1S/C11H26N2O2/c1-6-11(7-2,14-5)10(13-12)8-15-9(3)4/h9-10,13H,6-8,12H2,1-5H3. The molecule has 4 nitrogen and oxygen atoms in total. The van der Waals surface area contributed by atoms with Crippen LogP contribution in [0, 0.1) is 0 Å². The molecule has 0 spiro atoms. The average Bonchev–Trinajstić information content (AvgIpc) is 2.24. The van der Waals surface area contributed by atoms with Gasteiger partial charge in [0.05, 0.1) is 24.4 Å². The van der Waals surface area contributed by atoms with E-state index in [1.807, 2.05) is 13.8 Å². The zero-order valence-corrected chi connectivity index (χ0v) is 10.7. The zero-order chi connectivity index (χ0) is 11.9. The largest absolute Gasteiger partial charge is 0.377 e. The maximum atomic E-state index is 5.60. The summed E-state index contributed by atoms with van der Waals surface area (Å²) in [6.45, 7) is 8.81. The van der Waals surface area contributed by atoms with Gasteiger partial charge in [0.1, 0.15) is 0 Å². The van der Waals surface area contributed by atoms with Gasteiger partial charge in [-0.25, -0.2) is 0 Å². The van der Waals surface area contributed by atoms with Crippen LogP contribution in [0.2, 0.25) is 0 Å². The maximum absolute atomic E-state index is 5.60. The molecule has 15 heavy (non-hydrogen) atoms. The first-order valence-electron chi connectivity index (χ1n) is 5.69. The molecule has 1 atom stereocenters. The van der Waals surface area contributed by atoms with Gasteiger partial charge in [0, 0.05) is 7.11 Å². The Hall–Kier alpha value is -0.160. The highest BCUT2D eigenvalue weighted by atomic mass is 16.5. The fraction of sp³-hybridized carbons (Fsp3) is 1.00. The van der Waals surface area contributed by atoms with E-state index in [0.29, 0.717) is 6.61 Å². The first kappa shape index (κ1) is 14.8. The topological polar surface area (TPSA) is 56.5 Å². The van der Waals surface area contributed by atoms with Crippen LogP contribution in [0.15, 0.2) is 0 Å². The normalized spacial score (nSPS) is 14.6. The smallest absolute Gasteiger partial charge is 0.0861 e. The molecule has 0 rings (SSSR count). The molecule has 3 N–H and O–H groups in total. The first-order valence-corrected chi connectivity index (χ1v) is 5.69. The van der Waals surface area contributed by atoms with Crippen molar-refractivity contribution in [1.82, 2.24) is 5.43 Å². The van der Waals surface area contributed by atoms with Crippen LogP contribution in [0.4, 0.5) is 0 Å². The van der Waals surface area contributed by atoms with Gasteiger partial charge in [-0.2, -0.15) is 0 Å². The third-order valence-corrected chi connectivity index (χ3v) is 3.04. The Morgan fingerprint density at radius 1 is 1.27 bits per heavy atom. The van der Waals surface area contributed by atoms with Crippen LogP contribution in [0.3, 0.4) is 0 Å². The minimum absolute atomic E-state index is 0.0277. The summed E-state index contributed by atoms with van der Waals surface area (Å²) < 4.78 is 11.2. The summed E-state index contributed by atoms with van der Waals surface area (Å²) >= 11 is 0. The van der Waals surface area contributed by atoms with Gasteiger partial charge in [-0.1, -0.05) is 13.8 Å². The van der Waals surface area contributed by atoms with Crippen LogP contribution in [0.1, 0.15) is 40.5 Å². The van der Waals surface area contributed by atoms with Crippen molar-refractivity contribution in [1.29, 1.82) is 0 Å². The van der Waals surface area contributed by atoms with Crippen LogP contribution < -0.4 is 11.3 Å². The molecule has 0 aromatic rings. The van der Waals surface area contributed by atoms with E-state index < -0.39 is 0 Å². The fourth-order valence-electron chi connectivity index (χ4n) is 1.81. The Morgan fingerprint density at radius 3 is 2.07 bits per heavy atom. The van der Waals surface area contributed by atoms with E-state index in [4.69, 9.17) is 15.3 Å². The Labute approximate surface area is 93.5 Å². The third kappa shape index (κ3) is 4.07. The number of nitrogens with one attached hydrogen (secondary N) is 1. The van der Waals surface area contributed by atoms with Crippen LogP contribution in [-0.2, 0) is 9.47 Å². The lowest BCUT2D eigenvalue weighted by molar-refractivity contribution is -0.0763. The quantitative estimate of drug-likeness (QED) is 0.478. The summed E-state index contributed by atoms with van der Waals surface area (Å²) in [5.74, 6) is 5.56. The van der Waals surface area contributed by atoms with Gasteiger partial charge < -0.3 is 9.47 Å². The summed E-state index contributed by atoms with van der Waals surface area (Å²) in [6.07, 6.45) is 2.04. The molecule has 4 heteroatoms. The Morgan fingerprint density at radius 2 is 1.80 bits per heavy atom. The molecule has 0 fully saturated rings. The van der Waals surface area contributed by atoms with Crippen molar-refractivity contribution in [3.63, 3.8) is 0 Å². The van der Waals surface area contributed by atoms with Crippen molar-refractivity contribution < 1.29 is 9.47 Å². The Bertz CT molecular complexity index is 150. The predicted molar refractivity (Wildman–Crippen MR) is 62.5 cm³/mol. The molecule has 0 saturated carbocycles. The van der Waals surface area contributed by atoms with E-state index in [1.54, 1.807) is 7.11 Å². The van der Waals surface area contributed by atoms with Crippen LogP contribution >= 0.6 is 0 Å².